The quantitative estimate of drug-likeness (QED) is 0.685. The van der Waals surface area contributed by atoms with E-state index < -0.39 is 12.0 Å². The normalized spacial score (nSPS) is 12.0. The van der Waals surface area contributed by atoms with Crippen molar-refractivity contribution in [3.8, 4) is 0 Å². The Morgan fingerprint density at radius 3 is 2.23 bits per heavy atom. The molecule has 1 rings (SSSR count). The number of hydrogen-bond acceptors (Lipinski definition) is 3. The molecular weight excluding hydrogens is 280 g/mol. The second kappa shape index (κ2) is 9.20. The lowest BCUT2D eigenvalue weighted by atomic mass is 10.0. The summed E-state index contributed by atoms with van der Waals surface area (Å²) < 4.78 is 0. The highest BCUT2D eigenvalue weighted by Gasteiger charge is 2.19. The van der Waals surface area contributed by atoms with Gasteiger partial charge in [-0.1, -0.05) is 39.0 Å². The first kappa shape index (κ1) is 18.2. The van der Waals surface area contributed by atoms with E-state index in [9.17, 15) is 14.7 Å². The van der Waals surface area contributed by atoms with Crippen molar-refractivity contribution in [1.82, 2.24) is 0 Å². The summed E-state index contributed by atoms with van der Waals surface area (Å²) >= 11 is 0. The van der Waals surface area contributed by atoms with Gasteiger partial charge in [0.15, 0.2) is 0 Å². The number of hydrogen-bond donors (Lipinski definition) is 2. The molecule has 0 heterocycles. The van der Waals surface area contributed by atoms with Crippen molar-refractivity contribution in [3.05, 3.63) is 29.3 Å². The van der Waals surface area contributed by atoms with E-state index in [2.05, 4.69) is 5.32 Å². The Hall–Kier alpha value is -1.88. The van der Waals surface area contributed by atoms with Gasteiger partial charge in [0, 0.05) is 5.69 Å². The molecule has 1 atom stereocenters. The molecule has 122 valence electrons. The molecular formula is C17H26N2O3. The van der Waals surface area contributed by atoms with Crippen LogP contribution in [0.4, 0.5) is 5.69 Å². The third-order valence-corrected chi connectivity index (χ3v) is 3.71. The van der Waals surface area contributed by atoms with Gasteiger partial charge in [0.1, 0.15) is 6.04 Å². The average Bonchev–Trinajstić information content (AvgIpc) is 2.51. The lowest BCUT2D eigenvalue weighted by Crippen LogP contribution is -2.93. The number of carboxylic acids is 1. The van der Waals surface area contributed by atoms with Crippen LogP contribution in [-0.2, 0) is 22.4 Å². The number of nitrogens with one attached hydrogen (secondary N) is 1. The number of aryl methyl sites for hydroxylation is 2. The molecule has 5 heteroatoms. The number of carboxylic acid groups (broad SMARTS) is 1. The number of rotatable bonds is 9. The van der Waals surface area contributed by atoms with E-state index in [0.717, 1.165) is 36.1 Å². The number of para-hydroxylation sites is 1. The summed E-state index contributed by atoms with van der Waals surface area (Å²) in [4.78, 5) is 23.3. The highest BCUT2D eigenvalue weighted by atomic mass is 16.4. The van der Waals surface area contributed by atoms with Crippen molar-refractivity contribution < 1.29 is 20.0 Å². The van der Waals surface area contributed by atoms with Crippen LogP contribution in [-0.4, -0.2) is 24.5 Å². The van der Waals surface area contributed by atoms with Crippen molar-refractivity contribution >= 4 is 17.6 Å². The van der Waals surface area contributed by atoms with Crippen LogP contribution in [0, 0.1) is 0 Å². The second-order valence-electron chi connectivity index (χ2n) is 5.36. The van der Waals surface area contributed by atoms with Crippen LogP contribution in [0.2, 0.25) is 0 Å². The largest absolute Gasteiger partial charge is 0.544 e. The summed E-state index contributed by atoms with van der Waals surface area (Å²) in [5.41, 5.74) is 2.95. The molecule has 3 N–H and O–H groups in total. The third-order valence-electron chi connectivity index (χ3n) is 3.71. The molecule has 0 aromatic heterocycles. The first-order chi connectivity index (χ1) is 10.5. The number of carbonyl (C=O) groups is 2. The van der Waals surface area contributed by atoms with Crippen LogP contribution in [0.5, 0.6) is 0 Å². The fourth-order valence-corrected chi connectivity index (χ4v) is 2.42. The van der Waals surface area contributed by atoms with Gasteiger partial charge in [0.25, 0.3) is 0 Å². The highest BCUT2D eigenvalue weighted by Crippen LogP contribution is 2.22. The Bertz CT molecular complexity index is 492. The number of quaternary nitrogens is 1. The zero-order chi connectivity index (χ0) is 16.5. The number of amides is 1. The Morgan fingerprint density at radius 1 is 1.18 bits per heavy atom. The van der Waals surface area contributed by atoms with Gasteiger partial charge in [-0.2, -0.15) is 0 Å². The van der Waals surface area contributed by atoms with Crippen molar-refractivity contribution in [2.45, 2.75) is 52.5 Å². The van der Waals surface area contributed by atoms with E-state index >= 15 is 0 Å². The Morgan fingerprint density at radius 2 is 1.77 bits per heavy atom. The predicted molar refractivity (Wildman–Crippen MR) is 84.3 cm³/mol. The molecule has 0 unspecified atom stereocenters. The van der Waals surface area contributed by atoms with Crippen molar-refractivity contribution in [3.63, 3.8) is 0 Å². The maximum atomic E-state index is 12.2. The summed E-state index contributed by atoms with van der Waals surface area (Å²) in [6.07, 6.45) is 2.40. The van der Waals surface area contributed by atoms with Crippen LogP contribution in [0.1, 0.15) is 44.7 Å². The molecule has 1 amide bonds. The van der Waals surface area contributed by atoms with Gasteiger partial charge in [0.05, 0.1) is 18.9 Å². The van der Waals surface area contributed by atoms with Gasteiger partial charge in [-0.15, -0.1) is 0 Å². The lowest BCUT2D eigenvalue weighted by molar-refractivity contribution is -0.682. The first-order valence-electron chi connectivity index (χ1n) is 7.98. The van der Waals surface area contributed by atoms with Crippen LogP contribution in [0.15, 0.2) is 18.2 Å². The third kappa shape index (κ3) is 5.15. The summed E-state index contributed by atoms with van der Waals surface area (Å²) in [5, 5.41) is 15.7. The molecule has 1 aromatic carbocycles. The maximum Gasteiger partial charge on any atom is 0.230 e. The zero-order valence-electron chi connectivity index (χ0n) is 13.6. The van der Waals surface area contributed by atoms with Crippen LogP contribution < -0.4 is 15.7 Å². The Balaban J connectivity index is 2.81. The fourth-order valence-electron chi connectivity index (χ4n) is 2.42. The molecule has 0 spiro atoms. The lowest BCUT2D eigenvalue weighted by Gasteiger charge is -2.18. The van der Waals surface area contributed by atoms with E-state index in [0.29, 0.717) is 6.54 Å². The summed E-state index contributed by atoms with van der Waals surface area (Å²) in [5.74, 6) is -1.47. The van der Waals surface area contributed by atoms with Gasteiger partial charge in [-0.25, -0.2) is 0 Å². The van der Waals surface area contributed by atoms with Gasteiger partial charge in [-0.3, -0.25) is 4.79 Å². The van der Waals surface area contributed by atoms with E-state index in [-0.39, 0.29) is 12.3 Å². The molecule has 0 aliphatic carbocycles. The summed E-state index contributed by atoms with van der Waals surface area (Å²) in [7, 11) is 0. The number of nitrogens with two attached hydrogens (primary N) is 1. The SMILES string of the molecule is CCC[NH2+][C@H](CC(=O)Nc1c(CC)cccc1CC)C(=O)[O-]. The minimum absolute atomic E-state index is 0.0798. The topological polar surface area (TPSA) is 85.8 Å². The van der Waals surface area contributed by atoms with Crippen molar-refractivity contribution in [2.75, 3.05) is 11.9 Å². The number of benzene rings is 1. The van der Waals surface area contributed by atoms with E-state index in [4.69, 9.17) is 0 Å². The summed E-state index contributed by atoms with van der Waals surface area (Å²) in [6.45, 7) is 6.69. The van der Waals surface area contributed by atoms with Gasteiger partial charge in [0.2, 0.25) is 5.91 Å². The minimum Gasteiger partial charge on any atom is -0.544 e. The van der Waals surface area contributed by atoms with Crippen molar-refractivity contribution in [2.24, 2.45) is 0 Å². The van der Waals surface area contributed by atoms with Crippen LogP contribution >= 0.6 is 0 Å². The zero-order valence-corrected chi connectivity index (χ0v) is 13.6. The smallest absolute Gasteiger partial charge is 0.230 e. The molecule has 0 fully saturated rings. The molecule has 0 aliphatic rings. The molecule has 5 nitrogen and oxygen atoms in total. The van der Waals surface area contributed by atoms with E-state index in [1.807, 2.05) is 39.0 Å². The molecule has 0 radical (unpaired) electrons. The number of carbonyl (C=O) groups excluding carboxylic acids is 2. The van der Waals surface area contributed by atoms with Gasteiger partial charge in [-0.05, 0) is 30.4 Å². The highest BCUT2D eigenvalue weighted by molar-refractivity contribution is 5.94. The molecule has 0 saturated carbocycles. The number of aliphatic carboxylic acids is 1. The average molecular weight is 306 g/mol. The number of anilines is 1. The van der Waals surface area contributed by atoms with E-state index in [1.165, 1.54) is 0 Å². The maximum absolute atomic E-state index is 12.2. The van der Waals surface area contributed by atoms with Gasteiger partial charge >= 0.3 is 0 Å². The first-order valence-corrected chi connectivity index (χ1v) is 7.98. The molecule has 22 heavy (non-hydrogen) atoms. The molecule has 1 aromatic rings. The Labute approximate surface area is 132 Å². The molecule has 0 saturated heterocycles. The standard InChI is InChI=1S/C17H26N2O3/c1-4-10-18-14(17(21)22)11-15(20)19-16-12(5-2)8-7-9-13(16)6-3/h7-9,14,18H,4-6,10-11H2,1-3H3,(H,19,20)(H,21,22)/t14-/m1/s1. The second-order valence-corrected chi connectivity index (χ2v) is 5.36. The fraction of sp³-hybridized carbons (Fsp3) is 0.529. The van der Waals surface area contributed by atoms with E-state index in [1.54, 1.807) is 5.32 Å². The Kier molecular flexibility index (Phi) is 7.60. The summed E-state index contributed by atoms with van der Waals surface area (Å²) in [6, 6.07) is 5.10. The monoisotopic (exact) mass is 306 g/mol. The predicted octanol–water partition coefficient (Wildman–Crippen LogP) is 0.232. The van der Waals surface area contributed by atoms with Crippen LogP contribution in [0.25, 0.3) is 0 Å². The minimum atomic E-state index is -1.19. The molecule has 0 aliphatic heterocycles. The van der Waals surface area contributed by atoms with Gasteiger partial charge < -0.3 is 20.5 Å². The van der Waals surface area contributed by atoms with Crippen molar-refractivity contribution in [1.29, 1.82) is 0 Å². The molecule has 0 bridgehead atoms. The van der Waals surface area contributed by atoms with Crippen LogP contribution in [0.3, 0.4) is 0 Å².